The fourth-order valence-electron chi connectivity index (χ4n) is 2.56. The summed E-state index contributed by atoms with van der Waals surface area (Å²) in [6.45, 7) is 4.93. The van der Waals surface area contributed by atoms with Crippen molar-refractivity contribution in [3.05, 3.63) is 34.3 Å². The maximum Gasteiger partial charge on any atom is 0.0926 e. The van der Waals surface area contributed by atoms with E-state index in [0.717, 1.165) is 35.5 Å². The molecule has 88 valence electrons. The van der Waals surface area contributed by atoms with Crippen molar-refractivity contribution in [1.82, 2.24) is 5.32 Å². The minimum Gasteiger partial charge on any atom is -0.385 e. The minimum atomic E-state index is -0.723. The van der Waals surface area contributed by atoms with Crippen molar-refractivity contribution in [2.75, 3.05) is 6.54 Å². The monoisotopic (exact) mass is 239 g/mol. The van der Waals surface area contributed by atoms with E-state index >= 15 is 0 Å². The zero-order valence-corrected chi connectivity index (χ0v) is 10.5. The summed E-state index contributed by atoms with van der Waals surface area (Å²) < 4.78 is 0. The summed E-state index contributed by atoms with van der Waals surface area (Å²) in [5.74, 6) is 0. The van der Waals surface area contributed by atoms with Gasteiger partial charge >= 0.3 is 0 Å². The van der Waals surface area contributed by atoms with Gasteiger partial charge in [0.25, 0.3) is 0 Å². The van der Waals surface area contributed by atoms with Crippen molar-refractivity contribution < 1.29 is 5.11 Å². The van der Waals surface area contributed by atoms with Crippen LogP contribution in [0.2, 0.25) is 5.02 Å². The molecule has 1 aliphatic rings. The molecule has 0 bridgehead atoms. The first kappa shape index (κ1) is 11.9. The van der Waals surface area contributed by atoms with Crippen LogP contribution in [-0.4, -0.2) is 17.7 Å². The quantitative estimate of drug-likeness (QED) is 0.790. The van der Waals surface area contributed by atoms with Gasteiger partial charge in [-0.1, -0.05) is 23.7 Å². The molecule has 2 atom stereocenters. The molecule has 0 saturated carbocycles. The van der Waals surface area contributed by atoms with Gasteiger partial charge in [-0.25, -0.2) is 0 Å². The zero-order valence-electron chi connectivity index (χ0n) is 9.76. The van der Waals surface area contributed by atoms with Crippen LogP contribution >= 0.6 is 11.6 Å². The summed E-state index contributed by atoms with van der Waals surface area (Å²) in [6, 6.07) is 6.11. The van der Waals surface area contributed by atoms with Gasteiger partial charge < -0.3 is 10.4 Å². The number of hydrogen-bond donors (Lipinski definition) is 2. The van der Waals surface area contributed by atoms with Crippen molar-refractivity contribution in [3.63, 3.8) is 0 Å². The second kappa shape index (κ2) is 4.36. The first-order chi connectivity index (χ1) is 7.53. The third kappa shape index (κ3) is 2.10. The molecule has 2 N–H and O–H groups in total. The second-order valence-corrected chi connectivity index (χ2v) is 5.16. The van der Waals surface area contributed by atoms with Gasteiger partial charge in [0.2, 0.25) is 0 Å². The summed E-state index contributed by atoms with van der Waals surface area (Å²) in [7, 11) is 0. The lowest BCUT2D eigenvalue weighted by atomic mass is 9.80. The van der Waals surface area contributed by atoms with E-state index in [9.17, 15) is 5.11 Å². The van der Waals surface area contributed by atoms with Gasteiger partial charge in [-0.3, -0.25) is 0 Å². The van der Waals surface area contributed by atoms with Crippen LogP contribution in [0.25, 0.3) is 0 Å². The first-order valence-electron chi connectivity index (χ1n) is 5.74. The number of halogens is 1. The van der Waals surface area contributed by atoms with Gasteiger partial charge in [-0.2, -0.15) is 0 Å². The summed E-state index contributed by atoms with van der Waals surface area (Å²) in [4.78, 5) is 0. The number of nitrogens with one attached hydrogen (secondary N) is 1. The van der Waals surface area contributed by atoms with E-state index in [1.54, 1.807) is 0 Å². The van der Waals surface area contributed by atoms with Crippen LogP contribution in [0.5, 0.6) is 0 Å². The Morgan fingerprint density at radius 1 is 1.50 bits per heavy atom. The number of piperidine rings is 1. The van der Waals surface area contributed by atoms with Crippen LogP contribution in [0.15, 0.2) is 18.2 Å². The van der Waals surface area contributed by atoms with E-state index in [2.05, 4.69) is 12.2 Å². The Hall–Kier alpha value is -0.570. The van der Waals surface area contributed by atoms with Crippen molar-refractivity contribution >= 4 is 11.6 Å². The first-order valence-corrected chi connectivity index (χ1v) is 6.12. The van der Waals surface area contributed by atoms with Crippen molar-refractivity contribution in [3.8, 4) is 0 Å². The highest BCUT2D eigenvalue weighted by Crippen LogP contribution is 2.36. The Kier molecular flexibility index (Phi) is 3.24. The Balaban J connectivity index is 2.38. The molecule has 2 unspecified atom stereocenters. The minimum absolute atomic E-state index is 0.345. The summed E-state index contributed by atoms with van der Waals surface area (Å²) in [5, 5.41) is 14.8. The van der Waals surface area contributed by atoms with E-state index in [1.807, 2.05) is 25.1 Å². The van der Waals surface area contributed by atoms with E-state index in [-0.39, 0.29) is 0 Å². The molecular formula is C13H18ClNO. The average molecular weight is 240 g/mol. The number of rotatable bonds is 1. The Bertz CT molecular complexity index is 394. The predicted molar refractivity (Wildman–Crippen MR) is 66.8 cm³/mol. The SMILES string of the molecule is Cc1c(Cl)cccc1C1(O)CCNC(C)C1. The molecule has 1 aromatic carbocycles. The summed E-state index contributed by atoms with van der Waals surface area (Å²) in [6.07, 6.45) is 1.49. The highest BCUT2D eigenvalue weighted by atomic mass is 35.5. The molecule has 1 saturated heterocycles. The largest absolute Gasteiger partial charge is 0.385 e. The number of aliphatic hydroxyl groups is 1. The molecule has 16 heavy (non-hydrogen) atoms. The van der Waals surface area contributed by atoms with Crippen molar-refractivity contribution in [2.24, 2.45) is 0 Å². The summed E-state index contributed by atoms with van der Waals surface area (Å²) >= 11 is 6.10. The maximum atomic E-state index is 10.7. The standard InChI is InChI=1S/C13H18ClNO/c1-9-8-13(16,6-7-15-9)11-4-3-5-12(14)10(11)2/h3-5,9,15-16H,6-8H2,1-2H3. The van der Waals surface area contributed by atoms with Crippen LogP contribution in [0.1, 0.15) is 30.9 Å². The molecule has 0 radical (unpaired) electrons. The van der Waals surface area contributed by atoms with Gasteiger partial charge in [-0.15, -0.1) is 0 Å². The third-order valence-corrected chi connectivity index (χ3v) is 3.85. The van der Waals surface area contributed by atoms with Crippen LogP contribution < -0.4 is 5.32 Å². The fourth-order valence-corrected chi connectivity index (χ4v) is 2.74. The van der Waals surface area contributed by atoms with Crippen LogP contribution in [0.3, 0.4) is 0 Å². The predicted octanol–water partition coefficient (Wildman–Crippen LogP) is 2.61. The van der Waals surface area contributed by atoms with Crippen molar-refractivity contribution in [2.45, 2.75) is 38.3 Å². The molecule has 1 aromatic rings. The second-order valence-electron chi connectivity index (χ2n) is 4.75. The maximum absolute atomic E-state index is 10.7. The molecule has 1 fully saturated rings. The normalized spacial score (nSPS) is 30.4. The van der Waals surface area contributed by atoms with Crippen LogP contribution in [0.4, 0.5) is 0 Å². The lowest BCUT2D eigenvalue weighted by molar-refractivity contribution is -0.00698. The Morgan fingerprint density at radius 2 is 2.25 bits per heavy atom. The lowest BCUT2D eigenvalue weighted by Crippen LogP contribution is -2.45. The van der Waals surface area contributed by atoms with Crippen molar-refractivity contribution in [1.29, 1.82) is 0 Å². The fraction of sp³-hybridized carbons (Fsp3) is 0.538. The number of hydrogen-bond acceptors (Lipinski definition) is 2. The Labute approximate surface area is 102 Å². The van der Waals surface area contributed by atoms with Crippen LogP contribution in [0, 0.1) is 6.92 Å². The smallest absolute Gasteiger partial charge is 0.0926 e. The van der Waals surface area contributed by atoms with E-state index in [1.165, 1.54) is 0 Å². The van der Waals surface area contributed by atoms with Gasteiger partial charge in [0.05, 0.1) is 5.60 Å². The number of benzene rings is 1. The summed E-state index contributed by atoms with van der Waals surface area (Å²) in [5.41, 5.74) is 1.26. The zero-order chi connectivity index (χ0) is 11.8. The van der Waals surface area contributed by atoms with Gasteiger partial charge in [0.15, 0.2) is 0 Å². The third-order valence-electron chi connectivity index (χ3n) is 3.44. The van der Waals surface area contributed by atoms with E-state index < -0.39 is 5.60 Å². The van der Waals surface area contributed by atoms with Crippen LogP contribution in [-0.2, 0) is 5.60 Å². The molecule has 0 aliphatic carbocycles. The highest BCUT2D eigenvalue weighted by molar-refractivity contribution is 6.31. The molecule has 3 heteroatoms. The molecule has 2 nitrogen and oxygen atoms in total. The molecule has 2 rings (SSSR count). The van der Waals surface area contributed by atoms with Gasteiger partial charge in [0.1, 0.15) is 0 Å². The molecule has 0 amide bonds. The highest BCUT2D eigenvalue weighted by Gasteiger charge is 2.35. The van der Waals surface area contributed by atoms with Gasteiger partial charge in [-0.05, 0) is 50.4 Å². The molecule has 0 spiro atoms. The molecule has 1 heterocycles. The molecular weight excluding hydrogens is 222 g/mol. The van der Waals surface area contributed by atoms with E-state index in [4.69, 9.17) is 11.6 Å². The topological polar surface area (TPSA) is 32.3 Å². The van der Waals surface area contributed by atoms with E-state index in [0.29, 0.717) is 6.04 Å². The molecule has 0 aromatic heterocycles. The Morgan fingerprint density at radius 3 is 2.94 bits per heavy atom. The molecule has 1 aliphatic heterocycles. The average Bonchev–Trinajstić information content (AvgIpc) is 2.21. The lowest BCUT2D eigenvalue weighted by Gasteiger charge is -2.37. The van der Waals surface area contributed by atoms with Gasteiger partial charge in [0, 0.05) is 11.1 Å².